The third kappa shape index (κ3) is 3.34. The lowest BCUT2D eigenvalue weighted by Crippen LogP contribution is -2.86. The number of hydrogen-bond acceptors (Lipinski definition) is 2. The zero-order chi connectivity index (χ0) is 18.1. The van der Waals surface area contributed by atoms with Crippen molar-refractivity contribution in [2.75, 3.05) is 13.1 Å². The Labute approximate surface area is 157 Å². The summed E-state index contributed by atoms with van der Waals surface area (Å²) < 4.78 is 5.85. The van der Waals surface area contributed by atoms with E-state index < -0.39 is 0 Å². The molecule has 3 fully saturated rings. The van der Waals surface area contributed by atoms with Crippen LogP contribution in [0.3, 0.4) is 0 Å². The fourth-order valence-corrected chi connectivity index (χ4v) is 5.74. The minimum atomic E-state index is 0.0452. The summed E-state index contributed by atoms with van der Waals surface area (Å²) in [6, 6.07) is 10.6. The number of rotatable bonds is 5. The van der Waals surface area contributed by atoms with Crippen molar-refractivity contribution in [1.82, 2.24) is 0 Å². The molecule has 2 aliphatic carbocycles. The van der Waals surface area contributed by atoms with Gasteiger partial charge in [-0.1, -0.05) is 49.4 Å². The molecule has 0 aromatic heterocycles. The number of allylic oxidation sites excluding steroid dienone is 1. The van der Waals surface area contributed by atoms with Gasteiger partial charge in [-0.2, -0.15) is 0 Å². The fourth-order valence-electron chi connectivity index (χ4n) is 5.74. The van der Waals surface area contributed by atoms with E-state index in [2.05, 4.69) is 49.2 Å². The Balaban J connectivity index is 1.36. The lowest BCUT2D eigenvalue weighted by molar-refractivity contribution is -0.658. The van der Waals surface area contributed by atoms with Gasteiger partial charge in [-0.15, -0.1) is 0 Å². The van der Waals surface area contributed by atoms with Gasteiger partial charge in [0.15, 0.2) is 0 Å². The first-order valence-electron chi connectivity index (χ1n) is 10.3. The van der Waals surface area contributed by atoms with Crippen LogP contribution < -0.4 is 5.32 Å². The van der Waals surface area contributed by atoms with Gasteiger partial charge < -0.3 is 10.1 Å². The van der Waals surface area contributed by atoms with Crippen LogP contribution in [0.5, 0.6) is 0 Å². The second-order valence-electron chi connectivity index (χ2n) is 8.95. The fraction of sp³-hybridized carbons (Fsp3) is 0.609. The van der Waals surface area contributed by atoms with Crippen molar-refractivity contribution in [3.05, 3.63) is 48.0 Å². The summed E-state index contributed by atoms with van der Waals surface area (Å²) in [4.78, 5) is 12.5. The zero-order valence-electron chi connectivity index (χ0n) is 16.0. The van der Waals surface area contributed by atoms with E-state index in [4.69, 9.17) is 4.74 Å². The van der Waals surface area contributed by atoms with Gasteiger partial charge in [-0.05, 0) is 49.0 Å². The van der Waals surface area contributed by atoms with Gasteiger partial charge in [0.1, 0.15) is 12.0 Å². The second kappa shape index (κ2) is 7.19. The first kappa shape index (κ1) is 17.8. The molecule has 140 valence electrons. The van der Waals surface area contributed by atoms with Crippen LogP contribution in [-0.4, -0.2) is 25.2 Å². The molecule has 2 N–H and O–H groups in total. The molecule has 5 atom stereocenters. The van der Waals surface area contributed by atoms with Gasteiger partial charge in [0.25, 0.3) is 0 Å². The molecule has 3 aliphatic rings. The van der Waals surface area contributed by atoms with E-state index in [1.54, 1.807) is 0 Å². The summed E-state index contributed by atoms with van der Waals surface area (Å²) in [5.74, 6) is 1.08. The number of nitrogens with two attached hydrogens (primary N) is 1. The summed E-state index contributed by atoms with van der Waals surface area (Å²) in [7, 11) is 0. The Morgan fingerprint density at radius 2 is 2.12 bits per heavy atom. The van der Waals surface area contributed by atoms with E-state index in [0.29, 0.717) is 17.3 Å². The molecule has 1 saturated heterocycles. The number of quaternary nitrogens is 1. The maximum atomic E-state index is 12.5. The summed E-state index contributed by atoms with van der Waals surface area (Å²) in [6.45, 7) is 8.66. The van der Waals surface area contributed by atoms with Crippen molar-refractivity contribution in [3.63, 3.8) is 0 Å². The van der Waals surface area contributed by atoms with Crippen LogP contribution >= 0.6 is 0 Å². The van der Waals surface area contributed by atoms with Crippen LogP contribution in [-0.2, 0) is 16.0 Å². The minimum Gasteiger partial charge on any atom is -0.462 e. The number of carbonyl (C=O) groups is 1. The Morgan fingerprint density at radius 3 is 2.92 bits per heavy atom. The third-order valence-electron chi connectivity index (χ3n) is 7.22. The molecule has 0 amide bonds. The number of esters is 1. The maximum absolute atomic E-state index is 12.5. The molecular weight excluding hydrogens is 322 g/mol. The molecule has 3 nitrogen and oxygen atoms in total. The lowest BCUT2D eigenvalue weighted by Gasteiger charge is -2.49. The molecule has 26 heavy (non-hydrogen) atoms. The first-order valence-corrected chi connectivity index (χ1v) is 10.3. The molecule has 1 aromatic rings. The highest BCUT2D eigenvalue weighted by Crippen LogP contribution is 2.56. The van der Waals surface area contributed by atoms with Crippen molar-refractivity contribution >= 4 is 5.97 Å². The van der Waals surface area contributed by atoms with Crippen LogP contribution in [0.4, 0.5) is 0 Å². The molecular formula is C23H32NO2+. The Morgan fingerprint density at radius 1 is 1.31 bits per heavy atom. The van der Waals surface area contributed by atoms with Gasteiger partial charge in [0.2, 0.25) is 0 Å². The van der Waals surface area contributed by atoms with Gasteiger partial charge >= 0.3 is 5.97 Å². The Hall–Kier alpha value is -1.61. The molecule has 3 heteroatoms. The van der Waals surface area contributed by atoms with Crippen LogP contribution in [0.1, 0.15) is 44.6 Å². The largest absolute Gasteiger partial charge is 0.462 e. The van der Waals surface area contributed by atoms with Crippen molar-refractivity contribution in [2.45, 2.75) is 51.6 Å². The summed E-state index contributed by atoms with van der Waals surface area (Å²) in [5.41, 5.74) is 3.08. The van der Waals surface area contributed by atoms with Crippen molar-refractivity contribution in [3.8, 4) is 0 Å². The summed E-state index contributed by atoms with van der Waals surface area (Å²) >= 11 is 0. The van der Waals surface area contributed by atoms with E-state index >= 15 is 0 Å². The predicted octanol–water partition coefficient (Wildman–Crippen LogP) is 3.11. The van der Waals surface area contributed by atoms with E-state index in [0.717, 1.165) is 32.4 Å². The average molecular weight is 355 g/mol. The Kier molecular flexibility index (Phi) is 4.92. The van der Waals surface area contributed by atoms with Crippen molar-refractivity contribution < 1.29 is 14.8 Å². The molecule has 0 spiro atoms. The van der Waals surface area contributed by atoms with Gasteiger partial charge in [0.05, 0.1) is 13.1 Å². The third-order valence-corrected chi connectivity index (χ3v) is 7.22. The van der Waals surface area contributed by atoms with E-state index in [9.17, 15) is 4.79 Å². The van der Waals surface area contributed by atoms with Gasteiger partial charge in [-0.3, -0.25) is 4.79 Å². The standard InChI is InChI=1S/C23H31NO2/c1-16-7-6-11-23(2)14-21-18(13-20(16)23)19(22(25)26-21)15-24-12-10-17-8-4-3-5-9-17/h3-5,8-9,18-21,24H,1,6-7,10-15H2,2H3/p+1/t18-,19+,20-,21-,23-/m1/s1. The highest BCUT2D eigenvalue weighted by atomic mass is 16.6. The van der Waals surface area contributed by atoms with E-state index in [-0.39, 0.29) is 18.0 Å². The van der Waals surface area contributed by atoms with E-state index in [1.807, 2.05) is 0 Å². The number of fused-ring (bicyclic) bond motifs is 2. The first-order chi connectivity index (χ1) is 12.6. The van der Waals surface area contributed by atoms with Crippen LogP contribution in [0.25, 0.3) is 0 Å². The molecule has 1 aromatic carbocycles. The van der Waals surface area contributed by atoms with Crippen LogP contribution in [0, 0.1) is 23.2 Å². The van der Waals surface area contributed by atoms with Crippen LogP contribution in [0.15, 0.2) is 42.5 Å². The lowest BCUT2D eigenvalue weighted by atomic mass is 9.55. The second-order valence-corrected chi connectivity index (χ2v) is 8.95. The highest BCUT2D eigenvalue weighted by molar-refractivity contribution is 5.75. The zero-order valence-corrected chi connectivity index (χ0v) is 16.0. The SMILES string of the molecule is C=C1CCC[C@]2(C)C[C@H]3OC(=O)[C@@H](C[NH2+]CCc4ccccc4)[C@H]3C[C@H]12. The van der Waals surface area contributed by atoms with Crippen molar-refractivity contribution in [2.24, 2.45) is 23.2 Å². The summed E-state index contributed by atoms with van der Waals surface area (Å²) in [5, 5.41) is 2.31. The number of ether oxygens (including phenoxy) is 1. The molecule has 4 rings (SSSR count). The predicted molar refractivity (Wildman–Crippen MR) is 102 cm³/mol. The Bertz CT molecular complexity index is 670. The molecule has 0 unspecified atom stereocenters. The van der Waals surface area contributed by atoms with Crippen molar-refractivity contribution in [1.29, 1.82) is 0 Å². The number of benzene rings is 1. The quantitative estimate of drug-likeness (QED) is 0.502. The smallest absolute Gasteiger partial charge is 0.315 e. The topological polar surface area (TPSA) is 42.9 Å². The minimum absolute atomic E-state index is 0.0452. The van der Waals surface area contributed by atoms with Gasteiger partial charge in [-0.25, -0.2) is 0 Å². The molecule has 1 aliphatic heterocycles. The summed E-state index contributed by atoms with van der Waals surface area (Å²) in [6.07, 6.45) is 6.99. The monoisotopic (exact) mass is 354 g/mol. The molecule has 1 heterocycles. The molecule has 0 bridgehead atoms. The molecule has 0 radical (unpaired) electrons. The van der Waals surface area contributed by atoms with E-state index in [1.165, 1.54) is 30.4 Å². The van der Waals surface area contributed by atoms with Gasteiger partial charge in [0, 0.05) is 12.3 Å². The highest BCUT2D eigenvalue weighted by Gasteiger charge is 2.55. The maximum Gasteiger partial charge on any atom is 0.315 e. The molecule has 2 saturated carbocycles. The average Bonchev–Trinajstić information content (AvgIpc) is 2.92. The number of carbonyl (C=O) groups excluding carboxylic acids is 1. The number of hydrogen-bond donors (Lipinski definition) is 1. The van der Waals surface area contributed by atoms with Crippen LogP contribution in [0.2, 0.25) is 0 Å². The normalized spacial score (nSPS) is 36.3.